The number of nitrogens with one attached hydrogen (secondary N) is 1. The normalized spacial score (nSPS) is 29.1. The van der Waals surface area contributed by atoms with Gasteiger partial charge < -0.3 is 5.32 Å². The van der Waals surface area contributed by atoms with E-state index in [-0.39, 0.29) is 0 Å². The highest BCUT2D eigenvalue weighted by molar-refractivity contribution is 7.99. The van der Waals surface area contributed by atoms with Crippen molar-refractivity contribution in [3.8, 4) is 0 Å². The Labute approximate surface area is 106 Å². The molecule has 0 aromatic carbocycles. The molecule has 0 aromatic heterocycles. The van der Waals surface area contributed by atoms with Crippen LogP contribution in [0.4, 0.5) is 0 Å². The van der Waals surface area contributed by atoms with Crippen LogP contribution in [0, 0.1) is 11.3 Å². The van der Waals surface area contributed by atoms with Gasteiger partial charge in [0.1, 0.15) is 0 Å². The van der Waals surface area contributed by atoms with Crippen LogP contribution in [0.1, 0.15) is 53.4 Å². The summed E-state index contributed by atoms with van der Waals surface area (Å²) in [4.78, 5) is 0. The molecule has 96 valence electrons. The van der Waals surface area contributed by atoms with Gasteiger partial charge in [0.15, 0.2) is 0 Å². The predicted molar refractivity (Wildman–Crippen MR) is 76.2 cm³/mol. The summed E-state index contributed by atoms with van der Waals surface area (Å²) in [5, 5.41) is 4.55. The highest BCUT2D eigenvalue weighted by Crippen LogP contribution is 2.37. The first-order valence-electron chi connectivity index (χ1n) is 6.71. The third-order valence-corrected chi connectivity index (χ3v) is 4.92. The van der Waals surface area contributed by atoms with Crippen LogP contribution < -0.4 is 5.32 Å². The molecular weight excluding hydrogens is 214 g/mol. The molecule has 1 nitrogen and oxygen atoms in total. The van der Waals surface area contributed by atoms with Crippen molar-refractivity contribution in [2.45, 2.75) is 64.7 Å². The molecule has 3 atom stereocenters. The van der Waals surface area contributed by atoms with E-state index in [1.165, 1.54) is 32.2 Å². The summed E-state index contributed by atoms with van der Waals surface area (Å²) >= 11 is 1.96. The standard InChI is InChI=1S/C14H29NS/c1-11(16-5)10-15-13-9-7-6-8-12(13)14(2,3)4/h11-13,15H,6-10H2,1-5H3. The molecular formula is C14H29NS. The maximum Gasteiger partial charge on any atom is 0.0141 e. The Kier molecular flexibility index (Phi) is 5.66. The summed E-state index contributed by atoms with van der Waals surface area (Å²) < 4.78 is 0. The maximum atomic E-state index is 3.81. The van der Waals surface area contributed by atoms with Gasteiger partial charge in [-0.2, -0.15) is 11.8 Å². The lowest BCUT2D eigenvalue weighted by molar-refractivity contribution is 0.131. The first-order valence-corrected chi connectivity index (χ1v) is 8.00. The number of rotatable bonds is 4. The molecule has 0 radical (unpaired) electrons. The van der Waals surface area contributed by atoms with Gasteiger partial charge in [0.2, 0.25) is 0 Å². The third kappa shape index (κ3) is 4.29. The fourth-order valence-corrected chi connectivity index (χ4v) is 3.08. The molecule has 0 aliphatic heterocycles. The van der Waals surface area contributed by atoms with Crippen LogP contribution in [0.5, 0.6) is 0 Å². The molecule has 1 N–H and O–H groups in total. The van der Waals surface area contributed by atoms with Gasteiger partial charge in [0.25, 0.3) is 0 Å². The summed E-state index contributed by atoms with van der Waals surface area (Å²) in [5.41, 5.74) is 0.459. The van der Waals surface area contributed by atoms with Crippen molar-refractivity contribution in [3.05, 3.63) is 0 Å². The van der Waals surface area contributed by atoms with E-state index in [4.69, 9.17) is 0 Å². The number of thioether (sulfide) groups is 1. The summed E-state index contributed by atoms with van der Waals surface area (Å²) in [6.45, 7) is 10.7. The van der Waals surface area contributed by atoms with E-state index in [9.17, 15) is 0 Å². The van der Waals surface area contributed by atoms with Crippen molar-refractivity contribution < 1.29 is 0 Å². The van der Waals surface area contributed by atoms with Gasteiger partial charge in [-0.15, -0.1) is 0 Å². The minimum absolute atomic E-state index is 0.459. The van der Waals surface area contributed by atoms with Crippen LogP contribution in [0.15, 0.2) is 0 Å². The van der Waals surface area contributed by atoms with Crippen LogP contribution in [0.2, 0.25) is 0 Å². The second-order valence-corrected chi connectivity index (χ2v) is 7.59. The number of hydrogen-bond donors (Lipinski definition) is 1. The second kappa shape index (κ2) is 6.30. The molecule has 0 heterocycles. The van der Waals surface area contributed by atoms with Gasteiger partial charge in [-0.05, 0) is 30.4 Å². The molecule has 0 bridgehead atoms. The van der Waals surface area contributed by atoms with Gasteiger partial charge in [-0.3, -0.25) is 0 Å². The van der Waals surface area contributed by atoms with E-state index in [0.29, 0.717) is 5.41 Å². The zero-order valence-electron chi connectivity index (χ0n) is 11.7. The van der Waals surface area contributed by atoms with E-state index in [1.54, 1.807) is 0 Å². The van der Waals surface area contributed by atoms with E-state index in [1.807, 2.05) is 11.8 Å². The van der Waals surface area contributed by atoms with Crippen molar-refractivity contribution in [2.75, 3.05) is 12.8 Å². The summed E-state index contributed by atoms with van der Waals surface area (Å²) in [6.07, 6.45) is 7.84. The lowest BCUT2D eigenvalue weighted by Crippen LogP contribution is -2.45. The molecule has 0 aromatic rings. The van der Waals surface area contributed by atoms with E-state index >= 15 is 0 Å². The van der Waals surface area contributed by atoms with Crippen molar-refractivity contribution in [2.24, 2.45) is 11.3 Å². The predicted octanol–water partition coefficient (Wildman–Crippen LogP) is 3.93. The van der Waals surface area contributed by atoms with Crippen molar-refractivity contribution in [3.63, 3.8) is 0 Å². The van der Waals surface area contributed by atoms with Crippen LogP contribution in [-0.4, -0.2) is 24.1 Å². The van der Waals surface area contributed by atoms with Crippen LogP contribution in [-0.2, 0) is 0 Å². The highest BCUT2D eigenvalue weighted by atomic mass is 32.2. The minimum Gasteiger partial charge on any atom is -0.313 e. The molecule has 1 rings (SSSR count). The van der Waals surface area contributed by atoms with Crippen LogP contribution in [0.3, 0.4) is 0 Å². The van der Waals surface area contributed by atoms with Crippen molar-refractivity contribution in [1.82, 2.24) is 5.32 Å². The lowest BCUT2D eigenvalue weighted by atomic mass is 9.69. The Balaban J connectivity index is 2.47. The van der Waals surface area contributed by atoms with Gasteiger partial charge in [0, 0.05) is 17.8 Å². The largest absolute Gasteiger partial charge is 0.313 e. The van der Waals surface area contributed by atoms with Crippen molar-refractivity contribution >= 4 is 11.8 Å². The zero-order valence-corrected chi connectivity index (χ0v) is 12.5. The minimum atomic E-state index is 0.459. The van der Waals surface area contributed by atoms with E-state index in [2.05, 4.69) is 39.3 Å². The molecule has 0 spiro atoms. The molecule has 1 saturated carbocycles. The number of hydrogen-bond acceptors (Lipinski definition) is 2. The molecule has 3 unspecified atom stereocenters. The van der Waals surface area contributed by atoms with Gasteiger partial charge >= 0.3 is 0 Å². The third-order valence-electron chi connectivity index (χ3n) is 3.95. The second-order valence-electron chi connectivity index (χ2n) is 6.32. The zero-order chi connectivity index (χ0) is 12.2. The van der Waals surface area contributed by atoms with E-state index in [0.717, 1.165) is 17.2 Å². The average molecular weight is 243 g/mol. The molecule has 0 saturated heterocycles. The highest BCUT2D eigenvalue weighted by Gasteiger charge is 2.33. The quantitative estimate of drug-likeness (QED) is 0.803. The molecule has 2 heteroatoms. The maximum absolute atomic E-state index is 3.81. The summed E-state index contributed by atoms with van der Waals surface area (Å²) in [6, 6.07) is 0.753. The fraction of sp³-hybridized carbons (Fsp3) is 1.00. The first kappa shape index (κ1) is 14.4. The molecule has 1 aliphatic rings. The van der Waals surface area contributed by atoms with Crippen LogP contribution in [0.25, 0.3) is 0 Å². The van der Waals surface area contributed by atoms with Crippen LogP contribution >= 0.6 is 11.8 Å². The topological polar surface area (TPSA) is 12.0 Å². The Morgan fingerprint density at radius 3 is 2.44 bits per heavy atom. The monoisotopic (exact) mass is 243 g/mol. The van der Waals surface area contributed by atoms with Crippen molar-refractivity contribution in [1.29, 1.82) is 0 Å². The van der Waals surface area contributed by atoms with Gasteiger partial charge in [-0.25, -0.2) is 0 Å². The van der Waals surface area contributed by atoms with E-state index < -0.39 is 0 Å². The fourth-order valence-electron chi connectivity index (χ4n) is 2.81. The average Bonchev–Trinajstić information content (AvgIpc) is 2.25. The Morgan fingerprint density at radius 1 is 1.25 bits per heavy atom. The Morgan fingerprint density at radius 2 is 1.88 bits per heavy atom. The molecule has 1 aliphatic carbocycles. The van der Waals surface area contributed by atoms with Gasteiger partial charge in [-0.1, -0.05) is 40.5 Å². The molecule has 0 amide bonds. The molecule has 1 fully saturated rings. The van der Waals surface area contributed by atoms with Gasteiger partial charge in [0.05, 0.1) is 0 Å². The summed E-state index contributed by atoms with van der Waals surface area (Å²) in [5.74, 6) is 0.857. The lowest BCUT2D eigenvalue weighted by Gasteiger charge is -2.41. The molecule has 16 heavy (non-hydrogen) atoms. The Bertz CT molecular complexity index is 197. The summed E-state index contributed by atoms with van der Waals surface area (Å²) in [7, 11) is 0. The Hall–Kier alpha value is 0.310. The SMILES string of the molecule is CSC(C)CNC1CCCCC1C(C)(C)C. The smallest absolute Gasteiger partial charge is 0.0141 e. The first-order chi connectivity index (χ1) is 7.45.